The Morgan fingerprint density at radius 3 is 2.41 bits per heavy atom. The fourth-order valence-electron chi connectivity index (χ4n) is 3.46. The molecule has 4 nitrogen and oxygen atoms in total. The largest absolute Gasteiger partial charge is 0.322 e. The van der Waals surface area contributed by atoms with Crippen molar-refractivity contribution in [2.24, 2.45) is 0 Å². The molecular weight excluding hydrogens is 341 g/mol. The van der Waals surface area contributed by atoms with Gasteiger partial charge in [0.15, 0.2) is 6.04 Å². The molecule has 1 atom stereocenters. The van der Waals surface area contributed by atoms with Gasteiger partial charge in [-0.1, -0.05) is 36.4 Å². The molecule has 1 fully saturated rings. The minimum atomic E-state index is -0.299. The highest BCUT2D eigenvalue weighted by Crippen LogP contribution is 2.08. The number of benzene rings is 2. The number of anilines is 1. The molecule has 2 aromatic rings. The Balaban J connectivity index is 1.43. The highest BCUT2D eigenvalue weighted by Gasteiger charge is 2.30. The maximum Gasteiger partial charge on any atom is 0.282 e. The topological polar surface area (TPSA) is 38.0 Å². The average molecular weight is 369 g/mol. The highest BCUT2D eigenvalue weighted by molar-refractivity contribution is 5.93. The third-order valence-corrected chi connectivity index (χ3v) is 5.23. The van der Waals surface area contributed by atoms with E-state index in [2.05, 4.69) is 29.6 Å². The minimum Gasteiger partial charge on any atom is -0.322 e. The van der Waals surface area contributed by atoms with Crippen molar-refractivity contribution in [3.05, 3.63) is 72.1 Å². The molecule has 2 aromatic carbocycles. The summed E-state index contributed by atoms with van der Waals surface area (Å²) < 4.78 is 13.0. The fraction of sp³-hybridized carbons (Fsp3) is 0.318. The zero-order valence-corrected chi connectivity index (χ0v) is 15.7. The second-order valence-electron chi connectivity index (χ2n) is 7.14. The first-order valence-corrected chi connectivity index (χ1v) is 9.58. The Bertz CT molecular complexity index is 753. The summed E-state index contributed by atoms with van der Waals surface area (Å²) in [7, 11) is 0. The SMILES string of the molecule is C[C@H](C(=O)Nc1ccc(F)cc1)[NH+]1CC[NH+](C/C=C/c2ccccc2)CC1. The van der Waals surface area contributed by atoms with Crippen LogP contribution < -0.4 is 15.1 Å². The summed E-state index contributed by atoms with van der Waals surface area (Å²) >= 11 is 0. The molecule has 3 N–H and O–H groups in total. The smallest absolute Gasteiger partial charge is 0.282 e. The molecule has 1 aliphatic heterocycles. The van der Waals surface area contributed by atoms with Crippen molar-refractivity contribution >= 4 is 17.7 Å². The number of hydrogen-bond donors (Lipinski definition) is 3. The van der Waals surface area contributed by atoms with Crippen LogP contribution in [0, 0.1) is 5.82 Å². The van der Waals surface area contributed by atoms with Crippen molar-refractivity contribution in [1.82, 2.24) is 0 Å². The number of halogens is 1. The van der Waals surface area contributed by atoms with Crippen LogP contribution in [0.15, 0.2) is 60.7 Å². The number of nitrogens with one attached hydrogen (secondary N) is 3. The van der Waals surface area contributed by atoms with Gasteiger partial charge >= 0.3 is 0 Å². The van der Waals surface area contributed by atoms with Gasteiger partial charge in [0.25, 0.3) is 5.91 Å². The lowest BCUT2D eigenvalue weighted by Gasteiger charge is -2.32. The van der Waals surface area contributed by atoms with E-state index in [1.54, 1.807) is 17.0 Å². The number of amides is 1. The third-order valence-electron chi connectivity index (χ3n) is 5.23. The van der Waals surface area contributed by atoms with Gasteiger partial charge in [0, 0.05) is 5.69 Å². The molecule has 1 saturated heterocycles. The van der Waals surface area contributed by atoms with Crippen molar-refractivity contribution in [2.45, 2.75) is 13.0 Å². The van der Waals surface area contributed by atoms with Crippen LogP contribution in [0.5, 0.6) is 0 Å². The summed E-state index contributed by atoms with van der Waals surface area (Å²) in [6, 6.07) is 16.1. The van der Waals surface area contributed by atoms with Crippen molar-refractivity contribution in [3.63, 3.8) is 0 Å². The first kappa shape index (κ1) is 19.3. The molecule has 27 heavy (non-hydrogen) atoms. The summed E-state index contributed by atoms with van der Waals surface area (Å²) in [5.74, 6) is -0.309. The number of hydrogen-bond acceptors (Lipinski definition) is 1. The Kier molecular flexibility index (Phi) is 6.74. The molecule has 0 aliphatic carbocycles. The fourth-order valence-corrected chi connectivity index (χ4v) is 3.46. The van der Waals surface area contributed by atoms with Crippen LogP contribution >= 0.6 is 0 Å². The molecular formula is C22H28FN3O+2. The van der Waals surface area contributed by atoms with E-state index >= 15 is 0 Å². The van der Waals surface area contributed by atoms with E-state index in [0.29, 0.717) is 5.69 Å². The van der Waals surface area contributed by atoms with E-state index in [9.17, 15) is 9.18 Å². The lowest BCUT2D eigenvalue weighted by Crippen LogP contribution is -3.29. The van der Waals surface area contributed by atoms with Gasteiger partial charge in [0.2, 0.25) is 0 Å². The molecule has 0 aromatic heterocycles. The zero-order chi connectivity index (χ0) is 19.1. The number of quaternary nitrogens is 2. The average Bonchev–Trinajstić information content (AvgIpc) is 2.70. The highest BCUT2D eigenvalue weighted by atomic mass is 19.1. The third kappa shape index (κ3) is 5.74. The molecule has 1 heterocycles. The van der Waals surface area contributed by atoms with Crippen LogP contribution in [0.2, 0.25) is 0 Å². The second-order valence-corrected chi connectivity index (χ2v) is 7.14. The second kappa shape index (κ2) is 9.44. The summed E-state index contributed by atoms with van der Waals surface area (Å²) in [4.78, 5) is 15.3. The Hall–Kier alpha value is -2.50. The lowest BCUT2D eigenvalue weighted by molar-refractivity contribution is -1.02. The maximum atomic E-state index is 13.0. The van der Waals surface area contributed by atoms with E-state index in [-0.39, 0.29) is 17.8 Å². The summed E-state index contributed by atoms with van der Waals surface area (Å²) in [6.45, 7) is 7.05. The summed E-state index contributed by atoms with van der Waals surface area (Å²) in [5.41, 5.74) is 1.87. The van der Waals surface area contributed by atoms with E-state index < -0.39 is 0 Å². The van der Waals surface area contributed by atoms with E-state index in [1.807, 2.05) is 25.1 Å². The minimum absolute atomic E-state index is 0.0102. The van der Waals surface area contributed by atoms with Crippen molar-refractivity contribution in [3.8, 4) is 0 Å². The van der Waals surface area contributed by atoms with Crippen molar-refractivity contribution in [1.29, 1.82) is 0 Å². The van der Waals surface area contributed by atoms with Gasteiger partial charge < -0.3 is 15.1 Å². The maximum absolute atomic E-state index is 13.0. The van der Waals surface area contributed by atoms with Crippen LogP contribution in [0.1, 0.15) is 12.5 Å². The standard InChI is InChI=1S/C22H26FN3O/c1-18(22(27)24-21-11-9-20(23)10-12-21)26-16-14-25(15-17-26)13-5-8-19-6-3-2-4-7-19/h2-12,18H,13-17H2,1H3,(H,24,27)/p+2/b8-5+/t18-/m1/s1. The number of piperazine rings is 1. The molecule has 142 valence electrons. The summed E-state index contributed by atoms with van der Waals surface area (Å²) in [5, 5.41) is 2.89. The molecule has 0 bridgehead atoms. The molecule has 0 unspecified atom stereocenters. The first-order chi connectivity index (χ1) is 13.1. The Morgan fingerprint density at radius 2 is 1.74 bits per heavy atom. The quantitative estimate of drug-likeness (QED) is 0.687. The number of rotatable bonds is 6. The van der Waals surface area contributed by atoms with Crippen LogP contribution in [0.25, 0.3) is 6.08 Å². The van der Waals surface area contributed by atoms with Crippen LogP contribution in [0.4, 0.5) is 10.1 Å². The van der Waals surface area contributed by atoms with Gasteiger partial charge in [-0.3, -0.25) is 4.79 Å². The molecule has 0 spiro atoms. The van der Waals surface area contributed by atoms with Crippen LogP contribution in [-0.4, -0.2) is 44.7 Å². The lowest BCUT2D eigenvalue weighted by atomic mass is 10.2. The van der Waals surface area contributed by atoms with Gasteiger partial charge in [0.05, 0.1) is 6.54 Å². The normalized spacial score (nSPS) is 21.1. The van der Waals surface area contributed by atoms with Crippen LogP contribution in [0.3, 0.4) is 0 Å². The van der Waals surface area contributed by atoms with E-state index in [0.717, 1.165) is 32.7 Å². The Morgan fingerprint density at radius 1 is 1.07 bits per heavy atom. The van der Waals surface area contributed by atoms with Crippen molar-refractivity contribution in [2.75, 3.05) is 38.0 Å². The van der Waals surface area contributed by atoms with Gasteiger partial charge in [-0.2, -0.15) is 0 Å². The zero-order valence-electron chi connectivity index (χ0n) is 15.7. The van der Waals surface area contributed by atoms with Crippen LogP contribution in [-0.2, 0) is 4.79 Å². The van der Waals surface area contributed by atoms with E-state index in [4.69, 9.17) is 0 Å². The number of carbonyl (C=O) groups excluding carboxylic acids is 1. The Labute approximate surface area is 160 Å². The molecule has 1 aliphatic rings. The molecule has 0 radical (unpaired) electrons. The van der Waals surface area contributed by atoms with Gasteiger partial charge in [-0.25, -0.2) is 4.39 Å². The predicted octanol–water partition coefficient (Wildman–Crippen LogP) is 0.650. The predicted molar refractivity (Wildman–Crippen MR) is 106 cm³/mol. The van der Waals surface area contributed by atoms with E-state index in [1.165, 1.54) is 22.6 Å². The van der Waals surface area contributed by atoms with Gasteiger partial charge in [-0.15, -0.1) is 0 Å². The number of carbonyl (C=O) groups is 1. The van der Waals surface area contributed by atoms with Crippen molar-refractivity contribution < 1.29 is 19.0 Å². The van der Waals surface area contributed by atoms with Gasteiger partial charge in [-0.05, 0) is 42.8 Å². The molecule has 3 rings (SSSR count). The molecule has 1 amide bonds. The monoisotopic (exact) mass is 369 g/mol. The summed E-state index contributed by atoms with van der Waals surface area (Å²) in [6.07, 6.45) is 4.41. The first-order valence-electron chi connectivity index (χ1n) is 9.58. The molecule has 0 saturated carbocycles. The molecule has 5 heteroatoms. The van der Waals surface area contributed by atoms with Gasteiger partial charge in [0.1, 0.15) is 32.0 Å².